The van der Waals surface area contributed by atoms with Crippen molar-refractivity contribution in [3.63, 3.8) is 0 Å². The van der Waals surface area contributed by atoms with Gasteiger partial charge in [0.05, 0.1) is 5.92 Å². The fourth-order valence-corrected chi connectivity index (χ4v) is 1.91. The number of carbonyl (C=O) groups excluding carboxylic acids is 1. The highest BCUT2D eigenvalue weighted by molar-refractivity contribution is 5.82. The molecule has 0 spiro atoms. The standard InChI is InChI=1S/C11H20O3/c1-3-13-11(14-4-2)9-7-5-6-8-10(9)12/h9,11H,3-8H2,1-2H3. The minimum Gasteiger partial charge on any atom is -0.352 e. The summed E-state index contributed by atoms with van der Waals surface area (Å²) < 4.78 is 10.9. The Hall–Kier alpha value is -0.410. The Labute approximate surface area is 85.8 Å². The Bertz CT molecular complexity index is 173. The van der Waals surface area contributed by atoms with E-state index >= 15 is 0 Å². The van der Waals surface area contributed by atoms with E-state index in [-0.39, 0.29) is 12.2 Å². The van der Waals surface area contributed by atoms with Crippen LogP contribution < -0.4 is 0 Å². The van der Waals surface area contributed by atoms with Crippen LogP contribution in [0.15, 0.2) is 0 Å². The highest BCUT2D eigenvalue weighted by Gasteiger charge is 2.31. The van der Waals surface area contributed by atoms with Crippen LogP contribution in [0.4, 0.5) is 0 Å². The first-order valence-corrected chi connectivity index (χ1v) is 5.55. The van der Waals surface area contributed by atoms with Crippen LogP contribution in [-0.4, -0.2) is 25.3 Å². The monoisotopic (exact) mass is 200 g/mol. The Kier molecular flexibility index (Phi) is 5.12. The van der Waals surface area contributed by atoms with Crippen molar-refractivity contribution in [2.24, 2.45) is 5.92 Å². The molecule has 1 atom stereocenters. The zero-order valence-corrected chi connectivity index (χ0v) is 9.12. The van der Waals surface area contributed by atoms with Gasteiger partial charge in [0.15, 0.2) is 6.29 Å². The van der Waals surface area contributed by atoms with Gasteiger partial charge in [-0.25, -0.2) is 0 Å². The van der Waals surface area contributed by atoms with Gasteiger partial charge in [-0.15, -0.1) is 0 Å². The summed E-state index contributed by atoms with van der Waals surface area (Å²) in [5, 5.41) is 0. The van der Waals surface area contributed by atoms with E-state index in [9.17, 15) is 4.79 Å². The predicted octanol–water partition coefficient (Wildman–Crippen LogP) is 2.14. The van der Waals surface area contributed by atoms with Gasteiger partial charge in [0.2, 0.25) is 0 Å². The second-order valence-electron chi connectivity index (χ2n) is 3.60. The fraction of sp³-hybridized carbons (Fsp3) is 0.909. The molecular weight excluding hydrogens is 180 g/mol. The third-order valence-electron chi connectivity index (χ3n) is 2.59. The smallest absolute Gasteiger partial charge is 0.167 e. The van der Waals surface area contributed by atoms with Crippen molar-refractivity contribution in [3.05, 3.63) is 0 Å². The molecule has 0 bridgehead atoms. The lowest BCUT2D eigenvalue weighted by atomic mass is 9.87. The summed E-state index contributed by atoms with van der Waals surface area (Å²) in [5.74, 6) is 0.284. The minimum atomic E-state index is -0.308. The number of ketones is 1. The zero-order chi connectivity index (χ0) is 10.4. The van der Waals surface area contributed by atoms with E-state index in [0.717, 1.165) is 19.3 Å². The van der Waals surface area contributed by atoms with Crippen molar-refractivity contribution in [1.29, 1.82) is 0 Å². The van der Waals surface area contributed by atoms with Crippen LogP contribution in [0, 0.1) is 5.92 Å². The second-order valence-corrected chi connectivity index (χ2v) is 3.60. The molecule has 1 rings (SSSR count). The molecule has 1 aliphatic rings. The van der Waals surface area contributed by atoms with Gasteiger partial charge in [-0.3, -0.25) is 4.79 Å². The summed E-state index contributed by atoms with van der Waals surface area (Å²) in [5.41, 5.74) is 0. The van der Waals surface area contributed by atoms with Crippen molar-refractivity contribution in [2.45, 2.75) is 45.8 Å². The lowest BCUT2D eigenvalue weighted by molar-refractivity contribution is -0.177. The van der Waals surface area contributed by atoms with Crippen LogP contribution in [0.3, 0.4) is 0 Å². The largest absolute Gasteiger partial charge is 0.352 e. The molecule has 1 saturated carbocycles. The third kappa shape index (κ3) is 3.07. The van der Waals surface area contributed by atoms with Crippen LogP contribution in [-0.2, 0) is 14.3 Å². The summed E-state index contributed by atoms with van der Waals surface area (Å²) in [6.07, 6.45) is 3.45. The quantitative estimate of drug-likeness (QED) is 0.638. The van der Waals surface area contributed by atoms with Crippen LogP contribution in [0.2, 0.25) is 0 Å². The minimum absolute atomic E-state index is 0.0244. The third-order valence-corrected chi connectivity index (χ3v) is 2.59. The highest BCUT2D eigenvalue weighted by atomic mass is 16.7. The normalized spacial score (nSPS) is 23.1. The molecule has 1 unspecified atom stereocenters. The summed E-state index contributed by atoms with van der Waals surface area (Å²) >= 11 is 0. The molecule has 0 heterocycles. The number of carbonyl (C=O) groups is 1. The van der Waals surface area contributed by atoms with Crippen LogP contribution in [0.1, 0.15) is 39.5 Å². The number of Topliss-reactive ketones (excluding diaryl/α,β-unsaturated/α-hetero) is 1. The van der Waals surface area contributed by atoms with Crippen molar-refractivity contribution < 1.29 is 14.3 Å². The molecule has 0 aromatic heterocycles. The first kappa shape index (κ1) is 11.7. The van der Waals surface area contributed by atoms with Gasteiger partial charge in [0.1, 0.15) is 5.78 Å². The van der Waals surface area contributed by atoms with Crippen molar-refractivity contribution in [2.75, 3.05) is 13.2 Å². The second kappa shape index (κ2) is 6.14. The first-order chi connectivity index (χ1) is 6.79. The summed E-state index contributed by atoms with van der Waals surface area (Å²) in [4.78, 5) is 11.6. The van der Waals surface area contributed by atoms with Gasteiger partial charge >= 0.3 is 0 Å². The number of rotatable bonds is 5. The van der Waals surface area contributed by atoms with Crippen molar-refractivity contribution >= 4 is 5.78 Å². The number of ether oxygens (including phenoxy) is 2. The first-order valence-electron chi connectivity index (χ1n) is 5.55. The van der Waals surface area contributed by atoms with E-state index in [2.05, 4.69) is 0 Å². The molecule has 82 valence electrons. The van der Waals surface area contributed by atoms with Crippen molar-refractivity contribution in [1.82, 2.24) is 0 Å². The number of hydrogen-bond donors (Lipinski definition) is 0. The maximum Gasteiger partial charge on any atom is 0.167 e. The van der Waals surface area contributed by atoms with Gasteiger partial charge in [0, 0.05) is 19.6 Å². The molecule has 0 radical (unpaired) electrons. The van der Waals surface area contributed by atoms with Crippen LogP contribution in [0.5, 0.6) is 0 Å². The average molecular weight is 200 g/mol. The maximum absolute atomic E-state index is 11.6. The lowest BCUT2D eigenvalue weighted by Gasteiger charge is -2.28. The molecule has 14 heavy (non-hydrogen) atoms. The van der Waals surface area contributed by atoms with E-state index in [0.29, 0.717) is 25.4 Å². The lowest BCUT2D eigenvalue weighted by Crippen LogP contribution is -2.35. The van der Waals surface area contributed by atoms with E-state index in [1.807, 2.05) is 13.8 Å². The van der Waals surface area contributed by atoms with E-state index in [1.54, 1.807) is 0 Å². The molecule has 0 aliphatic heterocycles. The van der Waals surface area contributed by atoms with Gasteiger partial charge in [-0.05, 0) is 26.7 Å². The molecule has 0 saturated heterocycles. The molecule has 1 aliphatic carbocycles. The summed E-state index contributed by atoms with van der Waals surface area (Å²) in [6, 6.07) is 0. The maximum atomic E-state index is 11.6. The average Bonchev–Trinajstić information content (AvgIpc) is 2.18. The Morgan fingerprint density at radius 1 is 1.29 bits per heavy atom. The molecule has 0 aromatic rings. The Morgan fingerprint density at radius 3 is 2.43 bits per heavy atom. The van der Waals surface area contributed by atoms with Gasteiger partial charge in [-0.1, -0.05) is 6.42 Å². The van der Waals surface area contributed by atoms with Crippen LogP contribution >= 0.6 is 0 Å². The number of hydrogen-bond acceptors (Lipinski definition) is 3. The summed E-state index contributed by atoms with van der Waals surface area (Å²) in [6.45, 7) is 5.07. The molecular formula is C11H20O3. The molecule has 3 heteroatoms. The highest BCUT2D eigenvalue weighted by Crippen LogP contribution is 2.25. The zero-order valence-electron chi connectivity index (χ0n) is 9.12. The van der Waals surface area contributed by atoms with Gasteiger partial charge in [0.25, 0.3) is 0 Å². The van der Waals surface area contributed by atoms with Gasteiger partial charge < -0.3 is 9.47 Å². The fourth-order valence-electron chi connectivity index (χ4n) is 1.91. The summed E-state index contributed by atoms with van der Waals surface area (Å²) in [7, 11) is 0. The van der Waals surface area contributed by atoms with Gasteiger partial charge in [-0.2, -0.15) is 0 Å². The SMILES string of the molecule is CCOC(OCC)C1CCCCC1=O. The van der Waals surface area contributed by atoms with Crippen molar-refractivity contribution in [3.8, 4) is 0 Å². The topological polar surface area (TPSA) is 35.5 Å². The molecule has 3 nitrogen and oxygen atoms in total. The predicted molar refractivity (Wildman–Crippen MR) is 54.0 cm³/mol. The molecule has 0 amide bonds. The molecule has 1 fully saturated rings. The van der Waals surface area contributed by atoms with Crippen LogP contribution in [0.25, 0.3) is 0 Å². The van der Waals surface area contributed by atoms with E-state index in [1.165, 1.54) is 0 Å². The Balaban J connectivity index is 2.50. The van der Waals surface area contributed by atoms with E-state index < -0.39 is 0 Å². The van der Waals surface area contributed by atoms with E-state index in [4.69, 9.17) is 9.47 Å². The molecule has 0 N–H and O–H groups in total. The Morgan fingerprint density at radius 2 is 1.93 bits per heavy atom. The molecule has 0 aromatic carbocycles.